The molecule has 1 aromatic rings. The van der Waals surface area contributed by atoms with Gasteiger partial charge < -0.3 is 15.8 Å². The third kappa shape index (κ3) is 3.45. The number of carbonyl (C=O) groups excluding carboxylic acids is 1. The number of hydrogen-bond donors (Lipinski definition) is 2. The number of ether oxygens (including phenoxy) is 1. The highest BCUT2D eigenvalue weighted by atomic mass is 16.5. The summed E-state index contributed by atoms with van der Waals surface area (Å²) in [5, 5.41) is 6.96. The number of aromatic nitrogens is 2. The number of anilines is 1. The molecule has 1 amide bonds. The molecule has 6 heteroatoms. The van der Waals surface area contributed by atoms with Crippen LogP contribution in [-0.4, -0.2) is 34.4 Å². The number of nitrogens with zero attached hydrogens (tertiary/aromatic N) is 2. The molecule has 3 N–H and O–H groups in total. The van der Waals surface area contributed by atoms with E-state index in [1.54, 1.807) is 6.20 Å². The van der Waals surface area contributed by atoms with Gasteiger partial charge in [0.05, 0.1) is 18.0 Å². The lowest BCUT2D eigenvalue weighted by molar-refractivity contribution is -0.123. The second-order valence-electron chi connectivity index (χ2n) is 4.44. The Hall–Kier alpha value is -1.56. The van der Waals surface area contributed by atoms with Crippen LogP contribution >= 0.6 is 0 Å². The summed E-state index contributed by atoms with van der Waals surface area (Å²) < 4.78 is 6.96. The van der Waals surface area contributed by atoms with Crippen molar-refractivity contribution >= 4 is 11.6 Å². The highest BCUT2D eigenvalue weighted by Crippen LogP contribution is 2.13. The molecule has 0 spiro atoms. The van der Waals surface area contributed by atoms with Gasteiger partial charge in [-0.15, -0.1) is 0 Å². The second-order valence-corrected chi connectivity index (χ2v) is 4.44. The minimum atomic E-state index is -0.0350. The lowest BCUT2D eigenvalue weighted by atomic mass is 10.0. The zero-order chi connectivity index (χ0) is 12.3. The summed E-state index contributed by atoms with van der Waals surface area (Å²) in [6, 6.07) is 0.208. The van der Waals surface area contributed by atoms with Crippen molar-refractivity contribution in [3.63, 3.8) is 0 Å². The van der Waals surface area contributed by atoms with Gasteiger partial charge in [0.1, 0.15) is 6.54 Å². The number of hydrogen-bond acceptors (Lipinski definition) is 4. The lowest BCUT2D eigenvalue weighted by Crippen LogP contribution is -2.42. The molecule has 0 aliphatic carbocycles. The highest BCUT2D eigenvalue weighted by Gasteiger charge is 2.20. The van der Waals surface area contributed by atoms with Gasteiger partial charge in [-0.25, -0.2) is 0 Å². The first kappa shape index (κ1) is 11.9. The Kier molecular flexibility index (Phi) is 3.63. The predicted molar refractivity (Wildman–Crippen MR) is 63.2 cm³/mol. The molecule has 17 heavy (non-hydrogen) atoms. The van der Waals surface area contributed by atoms with Crippen LogP contribution in [0.1, 0.15) is 19.8 Å². The van der Waals surface area contributed by atoms with E-state index in [4.69, 9.17) is 10.5 Å². The SMILES string of the molecule is CC1CC(NC(=O)Cn2cc(N)cn2)CCO1. The van der Waals surface area contributed by atoms with Gasteiger partial charge in [0.25, 0.3) is 0 Å². The molecule has 6 nitrogen and oxygen atoms in total. The normalized spacial score (nSPS) is 24.5. The van der Waals surface area contributed by atoms with Gasteiger partial charge in [-0.1, -0.05) is 0 Å². The van der Waals surface area contributed by atoms with Gasteiger partial charge in [0, 0.05) is 18.8 Å². The van der Waals surface area contributed by atoms with E-state index < -0.39 is 0 Å². The number of amides is 1. The van der Waals surface area contributed by atoms with Crippen LogP contribution in [0.25, 0.3) is 0 Å². The Balaban J connectivity index is 1.80. The molecule has 1 saturated heterocycles. The smallest absolute Gasteiger partial charge is 0.241 e. The van der Waals surface area contributed by atoms with Crippen LogP contribution in [0.3, 0.4) is 0 Å². The first-order valence-corrected chi connectivity index (χ1v) is 5.82. The van der Waals surface area contributed by atoms with Gasteiger partial charge >= 0.3 is 0 Å². The molecule has 94 valence electrons. The van der Waals surface area contributed by atoms with Crippen LogP contribution in [0.2, 0.25) is 0 Å². The molecular weight excluding hydrogens is 220 g/mol. The molecule has 1 aliphatic rings. The van der Waals surface area contributed by atoms with Crippen LogP contribution in [0.4, 0.5) is 5.69 Å². The maximum Gasteiger partial charge on any atom is 0.241 e. The molecule has 2 rings (SSSR count). The second kappa shape index (κ2) is 5.18. The molecule has 0 saturated carbocycles. The fraction of sp³-hybridized carbons (Fsp3) is 0.636. The van der Waals surface area contributed by atoms with Crippen molar-refractivity contribution in [3.05, 3.63) is 12.4 Å². The van der Waals surface area contributed by atoms with Gasteiger partial charge in [0.2, 0.25) is 5.91 Å². The minimum Gasteiger partial charge on any atom is -0.396 e. The van der Waals surface area contributed by atoms with Crippen LogP contribution in [0.5, 0.6) is 0 Å². The molecule has 2 atom stereocenters. The fourth-order valence-corrected chi connectivity index (χ4v) is 2.02. The summed E-state index contributed by atoms with van der Waals surface area (Å²) in [7, 11) is 0. The topological polar surface area (TPSA) is 82.2 Å². The zero-order valence-electron chi connectivity index (χ0n) is 9.93. The number of carbonyl (C=O) groups is 1. The third-order valence-corrected chi connectivity index (χ3v) is 2.81. The van der Waals surface area contributed by atoms with E-state index in [1.165, 1.54) is 10.9 Å². The molecule has 2 heterocycles. The van der Waals surface area contributed by atoms with Crippen molar-refractivity contribution in [2.45, 2.75) is 38.5 Å². The standard InChI is InChI=1S/C11H18N4O2/c1-8-4-10(2-3-17-8)14-11(16)7-15-6-9(12)5-13-15/h5-6,8,10H,2-4,7,12H2,1H3,(H,14,16). The lowest BCUT2D eigenvalue weighted by Gasteiger charge is -2.27. The summed E-state index contributed by atoms with van der Waals surface area (Å²) >= 11 is 0. The molecule has 1 fully saturated rings. The van der Waals surface area contributed by atoms with Crippen molar-refractivity contribution in [2.75, 3.05) is 12.3 Å². The highest BCUT2D eigenvalue weighted by molar-refractivity contribution is 5.76. The van der Waals surface area contributed by atoms with Crippen LogP contribution in [-0.2, 0) is 16.1 Å². The van der Waals surface area contributed by atoms with E-state index in [2.05, 4.69) is 10.4 Å². The molecule has 0 aromatic carbocycles. The number of nitrogens with one attached hydrogen (secondary N) is 1. The first-order valence-electron chi connectivity index (χ1n) is 5.82. The Morgan fingerprint density at radius 2 is 2.59 bits per heavy atom. The maximum atomic E-state index is 11.7. The third-order valence-electron chi connectivity index (χ3n) is 2.81. The van der Waals surface area contributed by atoms with E-state index in [1.807, 2.05) is 6.92 Å². The molecule has 1 aliphatic heterocycles. The van der Waals surface area contributed by atoms with Gasteiger partial charge in [-0.2, -0.15) is 5.10 Å². The number of nitrogens with two attached hydrogens (primary N) is 1. The Morgan fingerprint density at radius 1 is 1.76 bits per heavy atom. The predicted octanol–water partition coefficient (Wildman–Crippen LogP) is 0.149. The summed E-state index contributed by atoms with van der Waals surface area (Å²) in [4.78, 5) is 11.7. The van der Waals surface area contributed by atoms with Crippen molar-refractivity contribution in [1.82, 2.24) is 15.1 Å². The zero-order valence-corrected chi connectivity index (χ0v) is 9.93. The van der Waals surface area contributed by atoms with Crippen LogP contribution in [0, 0.1) is 0 Å². The monoisotopic (exact) mass is 238 g/mol. The largest absolute Gasteiger partial charge is 0.396 e. The molecule has 0 radical (unpaired) electrons. The molecule has 0 bridgehead atoms. The van der Waals surface area contributed by atoms with Crippen molar-refractivity contribution in [2.24, 2.45) is 0 Å². The van der Waals surface area contributed by atoms with Crippen molar-refractivity contribution in [3.8, 4) is 0 Å². The summed E-state index contributed by atoms with van der Waals surface area (Å²) in [6.07, 6.45) is 5.13. The van der Waals surface area contributed by atoms with Crippen molar-refractivity contribution in [1.29, 1.82) is 0 Å². The van der Waals surface area contributed by atoms with E-state index in [0.717, 1.165) is 12.8 Å². The van der Waals surface area contributed by atoms with E-state index in [-0.39, 0.29) is 24.6 Å². The van der Waals surface area contributed by atoms with Gasteiger partial charge in [-0.3, -0.25) is 9.48 Å². The minimum absolute atomic E-state index is 0.0350. The van der Waals surface area contributed by atoms with Gasteiger partial charge in [0.15, 0.2) is 0 Å². The molecule has 2 unspecified atom stereocenters. The summed E-state index contributed by atoms with van der Waals surface area (Å²) in [6.45, 7) is 2.94. The number of rotatable bonds is 3. The van der Waals surface area contributed by atoms with Crippen LogP contribution < -0.4 is 11.1 Å². The summed E-state index contributed by atoms with van der Waals surface area (Å²) in [5.41, 5.74) is 6.09. The van der Waals surface area contributed by atoms with Crippen molar-refractivity contribution < 1.29 is 9.53 Å². The summed E-state index contributed by atoms with van der Waals surface area (Å²) in [5.74, 6) is -0.0350. The van der Waals surface area contributed by atoms with E-state index >= 15 is 0 Å². The first-order chi connectivity index (χ1) is 8.13. The number of nitrogen functional groups attached to an aromatic ring is 1. The van der Waals surface area contributed by atoms with E-state index in [9.17, 15) is 4.79 Å². The Labute approximate surface area is 100 Å². The maximum absolute atomic E-state index is 11.7. The van der Waals surface area contributed by atoms with Crippen LogP contribution in [0.15, 0.2) is 12.4 Å². The molecule has 1 aromatic heterocycles. The fourth-order valence-electron chi connectivity index (χ4n) is 2.02. The van der Waals surface area contributed by atoms with Gasteiger partial charge in [-0.05, 0) is 19.8 Å². The molecular formula is C11H18N4O2. The quantitative estimate of drug-likeness (QED) is 0.785. The Bertz CT molecular complexity index is 391. The average Bonchev–Trinajstić information content (AvgIpc) is 2.63. The van der Waals surface area contributed by atoms with E-state index in [0.29, 0.717) is 12.3 Å². The Morgan fingerprint density at radius 3 is 3.24 bits per heavy atom. The average molecular weight is 238 g/mol.